The van der Waals surface area contributed by atoms with E-state index in [1.54, 1.807) is 36.5 Å². The minimum atomic E-state index is -0.299. The molecule has 0 unspecified atom stereocenters. The van der Waals surface area contributed by atoms with Crippen LogP contribution in [0.3, 0.4) is 0 Å². The van der Waals surface area contributed by atoms with E-state index in [1.165, 1.54) is 0 Å². The molecule has 0 spiro atoms. The molecule has 2 aromatic rings. The Bertz CT molecular complexity index is 877. The van der Waals surface area contributed by atoms with E-state index >= 15 is 0 Å². The van der Waals surface area contributed by atoms with Crippen LogP contribution in [-0.4, -0.2) is 66.4 Å². The van der Waals surface area contributed by atoms with Crippen LogP contribution in [0.4, 0.5) is 11.4 Å². The van der Waals surface area contributed by atoms with Gasteiger partial charge in [0.15, 0.2) is 0 Å². The van der Waals surface area contributed by atoms with Gasteiger partial charge in [0.25, 0.3) is 5.91 Å². The minimum Gasteiger partial charge on any atom is -0.436 e. The summed E-state index contributed by atoms with van der Waals surface area (Å²) in [5.41, 5.74) is 1.43. The molecule has 3 heterocycles. The molecule has 8 heteroatoms. The fraction of sp³-hybridized carbons (Fsp3) is 0.316. The van der Waals surface area contributed by atoms with Crippen LogP contribution < -0.4 is 15.4 Å². The number of carbonyl (C=O) groups excluding carboxylic acids is 2. The van der Waals surface area contributed by atoms with Crippen LogP contribution >= 0.6 is 0 Å². The number of aromatic nitrogens is 1. The molecule has 2 aliphatic heterocycles. The first-order valence-corrected chi connectivity index (χ1v) is 8.87. The number of nitrogens with one attached hydrogen (secondary N) is 2. The topological polar surface area (TPSA) is 86.8 Å². The molecule has 4 rings (SSSR count). The van der Waals surface area contributed by atoms with E-state index in [9.17, 15) is 9.59 Å². The number of nitrogens with zero attached hydrogens (tertiary/aromatic N) is 3. The number of hydrogen-bond donors (Lipinski definition) is 2. The Kier molecular flexibility index (Phi) is 4.74. The van der Waals surface area contributed by atoms with E-state index in [1.807, 2.05) is 0 Å². The summed E-state index contributed by atoms with van der Waals surface area (Å²) in [4.78, 5) is 33.4. The maximum absolute atomic E-state index is 12.5. The van der Waals surface area contributed by atoms with Gasteiger partial charge in [0.05, 0.1) is 12.1 Å². The van der Waals surface area contributed by atoms with Crippen molar-refractivity contribution in [1.82, 2.24) is 14.8 Å². The van der Waals surface area contributed by atoms with Gasteiger partial charge in [0, 0.05) is 38.1 Å². The quantitative estimate of drug-likeness (QED) is 0.857. The SMILES string of the molecule is CN1CCN(CC(=O)Nc2ccc3c(c2)C(=O)Nc2cccnc2O3)CC1. The van der Waals surface area contributed by atoms with Gasteiger partial charge in [-0.3, -0.25) is 14.5 Å². The third-order valence-corrected chi connectivity index (χ3v) is 4.70. The maximum Gasteiger partial charge on any atom is 0.259 e. The summed E-state index contributed by atoms with van der Waals surface area (Å²) in [6.45, 7) is 3.99. The van der Waals surface area contributed by atoms with Crippen LogP contribution in [0.25, 0.3) is 0 Å². The molecule has 1 saturated heterocycles. The predicted octanol–water partition coefficient (Wildman–Crippen LogP) is 1.63. The summed E-state index contributed by atoms with van der Waals surface area (Å²) in [7, 11) is 2.08. The van der Waals surface area contributed by atoms with E-state index in [-0.39, 0.29) is 11.8 Å². The van der Waals surface area contributed by atoms with Gasteiger partial charge in [-0.05, 0) is 37.4 Å². The lowest BCUT2D eigenvalue weighted by Gasteiger charge is -2.31. The second kappa shape index (κ2) is 7.34. The average molecular weight is 367 g/mol. The fourth-order valence-corrected chi connectivity index (χ4v) is 3.14. The molecule has 0 aliphatic carbocycles. The summed E-state index contributed by atoms with van der Waals surface area (Å²) >= 11 is 0. The highest BCUT2D eigenvalue weighted by Gasteiger charge is 2.22. The lowest BCUT2D eigenvalue weighted by atomic mass is 10.1. The van der Waals surface area contributed by atoms with Crippen LogP contribution in [0, 0.1) is 0 Å². The van der Waals surface area contributed by atoms with Crippen LogP contribution in [0.1, 0.15) is 10.4 Å². The van der Waals surface area contributed by atoms with Gasteiger partial charge in [-0.2, -0.15) is 0 Å². The Balaban J connectivity index is 1.46. The number of ether oxygens (including phenoxy) is 1. The van der Waals surface area contributed by atoms with Crippen molar-refractivity contribution >= 4 is 23.2 Å². The number of rotatable bonds is 3. The minimum absolute atomic E-state index is 0.0978. The maximum atomic E-state index is 12.5. The number of carbonyl (C=O) groups is 2. The van der Waals surface area contributed by atoms with E-state index in [0.717, 1.165) is 26.2 Å². The summed E-state index contributed by atoms with van der Waals surface area (Å²) in [6, 6.07) is 8.47. The zero-order valence-electron chi connectivity index (χ0n) is 15.1. The zero-order chi connectivity index (χ0) is 18.8. The molecule has 8 nitrogen and oxygen atoms in total. The Hall–Kier alpha value is -2.97. The number of hydrogen-bond acceptors (Lipinski definition) is 6. The molecule has 140 valence electrons. The second-order valence-electron chi connectivity index (χ2n) is 6.75. The van der Waals surface area contributed by atoms with E-state index < -0.39 is 0 Å². The molecule has 0 radical (unpaired) electrons. The van der Waals surface area contributed by atoms with Crippen LogP contribution in [0.2, 0.25) is 0 Å². The summed E-state index contributed by atoms with van der Waals surface area (Å²) < 4.78 is 5.74. The molecule has 0 atom stereocenters. The molecule has 2 aliphatic rings. The Morgan fingerprint density at radius 1 is 1.26 bits per heavy atom. The van der Waals surface area contributed by atoms with E-state index in [0.29, 0.717) is 35.1 Å². The number of piperazine rings is 1. The molecule has 2 N–H and O–H groups in total. The smallest absolute Gasteiger partial charge is 0.259 e. The summed E-state index contributed by atoms with van der Waals surface area (Å²) in [5.74, 6) is 0.352. The average Bonchev–Trinajstić information content (AvgIpc) is 2.79. The van der Waals surface area contributed by atoms with Gasteiger partial charge in [0.2, 0.25) is 11.8 Å². The standard InChI is InChI=1S/C19H21N5O3/c1-23-7-9-24(10-8-23)12-17(25)21-13-4-5-16-14(11-13)18(26)22-15-3-2-6-20-19(15)27-16/h2-6,11H,7-10,12H2,1H3,(H,21,25)(H,22,26). The predicted molar refractivity (Wildman–Crippen MR) is 101 cm³/mol. The van der Waals surface area contributed by atoms with Crippen molar-refractivity contribution in [3.05, 3.63) is 42.1 Å². The number of pyridine rings is 1. The van der Waals surface area contributed by atoms with Gasteiger partial charge >= 0.3 is 0 Å². The fourth-order valence-electron chi connectivity index (χ4n) is 3.14. The van der Waals surface area contributed by atoms with Crippen molar-refractivity contribution < 1.29 is 14.3 Å². The molecule has 0 bridgehead atoms. The number of amides is 2. The van der Waals surface area contributed by atoms with Gasteiger partial charge in [-0.25, -0.2) is 4.98 Å². The zero-order valence-corrected chi connectivity index (χ0v) is 15.1. The van der Waals surface area contributed by atoms with Crippen molar-refractivity contribution in [3.8, 4) is 11.6 Å². The lowest BCUT2D eigenvalue weighted by molar-refractivity contribution is -0.117. The molecule has 1 aromatic carbocycles. The number of likely N-dealkylation sites (N-methyl/N-ethyl adjacent to an activating group) is 1. The van der Waals surface area contributed by atoms with Crippen LogP contribution in [0.5, 0.6) is 11.6 Å². The molecule has 2 amide bonds. The van der Waals surface area contributed by atoms with Gasteiger partial charge < -0.3 is 20.3 Å². The second-order valence-corrected chi connectivity index (χ2v) is 6.75. The Morgan fingerprint density at radius 3 is 2.89 bits per heavy atom. The number of benzene rings is 1. The molecule has 1 fully saturated rings. The molecule has 1 aromatic heterocycles. The van der Waals surface area contributed by atoms with Crippen molar-refractivity contribution in [2.45, 2.75) is 0 Å². The first-order valence-electron chi connectivity index (χ1n) is 8.87. The molecular formula is C19H21N5O3. The van der Waals surface area contributed by atoms with Gasteiger partial charge in [-0.15, -0.1) is 0 Å². The Morgan fingerprint density at radius 2 is 2.07 bits per heavy atom. The lowest BCUT2D eigenvalue weighted by Crippen LogP contribution is -2.47. The van der Waals surface area contributed by atoms with Crippen LogP contribution in [-0.2, 0) is 4.79 Å². The van der Waals surface area contributed by atoms with Crippen molar-refractivity contribution in [2.75, 3.05) is 50.4 Å². The first-order chi connectivity index (χ1) is 13.1. The molecule has 0 saturated carbocycles. The van der Waals surface area contributed by atoms with E-state index in [2.05, 4.69) is 32.5 Å². The van der Waals surface area contributed by atoms with Gasteiger partial charge in [-0.1, -0.05) is 0 Å². The van der Waals surface area contributed by atoms with Gasteiger partial charge in [0.1, 0.15) is 11.4 Å². The molecular weight excluding hydrogens is 346 g/mol. The summed E-state index contributed by atoms with van der Waals surface area (Å²) in [5, 5.41) is 5.64. The highest BCUT2D eigenvalue weighted by molar-refractivity contribution is 6.08. The number of fused-ring (bicyclic) bond motifs is 2. The van der Waals surface area contributed by atoms with Crippen molar-refractivity contribution in [1.29, 1.82) is 0 Å². The van der Waals surface area contributed by atoms with Crippen molar-refractivity contribution in [3.63, 3.8) is 0 Å². The Labute approximate surface area is 157 Å². The summed E-state index contributed by atoms with van der Waals surface area (Å²) in [6.07, 6.45) is 1.60. The largest absolute Gasteiger partial charge is 0.436 e. The third kappa shape index (κ3) is 3.91. The van der Waals surface area contributed by atoms with E-state index in [4.69, 9.17) is 4.74 Å². The highest BCUT2D eigenvalue weighted by Crippen LogP contribution is 2.34. The number of anilines is 2. The monoisotopic (exact) mass is 367 g/mol. The van der Waals surface area contributed by atoms with Crippen molar-refractivity contribution in [2.24, 2.45) is 0 Å². The molecule has 27 heavy (non-hydrogen) atoms. The normalized spacial score (nSPS) is 17.1. The highest BCUT2D eigenvalue weighted by atomic mass is 16.5. The first kappa shape index (κ1) is 17.4. The van der Waals surface area contributed by atoms with Crippen LogP contribution in [0.15, 0.2) is 36.5 Å². The third-order valence-electron chi connectivity index (χ3n) is 4.70.